The second kappa shape index (κ2) is 8.01. The zero-order chi connectivity index (χ0) is 20.5. The molecular weight excluding hydrogens is 400 g/mol. The number of carbonyl (C=O) groups excluding carboxylic acids is 1. The van der Waals surface area contributed by atoms with Crippen LogP contribution in [0, 0.1) is 5.92 Å². The summed E-state index contributed by atoms with van der Waals surface area (Å²) in [7, 11) is -3.89. The van der Waals surface area contributed by atoms with E-state index in [1.165, 1.54) is 22.5 Å². The minimum absolute atomic E-state index is 0.0677. The lowest BCUT2D eigenvalue weighted by atomic mass is 10.1. The summed E-state index contributed by atoms with van der Waals surface area (Å²) in [5.74, 6) is 0.186. The lowest BCUT2D eigenvalue weighted by Crippen LogP contribution is -2.52. The number of ether oxygens (including phenoxy) is 1. The SMILES string of the molecule is CC(C)[C@H](C)NC(=O)[C@H]1CN(S(=O)(=O)c2ccccc2)c2cc(Cl)ccc2O1. The van der Waals surface area contributed by atoms with Crippen molar-refractivity contribution < 1.29 is 17.9 Å². The van der Waals surface area contributed by atoms with Gasteiger partial charge >= 0.3 is 0 Å². The van der Waals surface area contributed by atoms with Crippen LogP contribution < -0.4 is 14.4 Å². The summed E-state index contributed by atoms with van der Waals surface area (Å²) in [6.45, 7) is 5.76. The number of anilines is 1. The quantitative estimate of drug-likeness (QED) is 0.800. The Balaban J connectivity index is 1.99. The summed E-state index contributed by atoms with van der Waals surface area (Å²) in [4.78, 5) is 12.9. The van der Waals surface area contributed by atoms with Gasteiger partial charge in [-0.1, -0.05) is 43.6 Å². The summed E-state index contributed by atoms with van der Waals surface area (Å²) in [6, 6.07) is 12.7. The molecule has 0 aliphatic carbocycles. The Bertz CT molecular complexity index is 963. The molecular formula is C20H23ClN2O4S. The number of nitrogens with zero attached hydrogens (tertiary/aromatic N) is 1. The molecule has 0 bridgehead atoms. The van der Waals surface area contributed by atoms with Gasteiger partial charge < -0.3 is 10.1 Å². The average molecular weight is 423 g/mol. The molecule has 1 aliphatic rings. The summed E-state index contributed by atoms with van der Waals surface area (Å²) in [5, 5.41) is 3.27. The predicted octanol–water partition coefficient (Wildman–Crippen LogP) is 3.46. The van der Waals surface area contributed by atoms with Crippen LogP contribution in [0.25, 0.3) is 0 Å². The molecule has 0 aromatic heterocycles. The molecule has 6 nitrogen and oxygen atoms in total. The average Bonchev–Trinajstić information content (AvgIpc) is 2.67. The third-order valence-corrected chi connectivity index (χ3v) is 6.81. The van der Waals surface area contributed by atoms with Crippen molar-refractivity contribution in [2.75, 3.05) is 10.8 Å². The second-order valence-electron chi connectivity index (χ2n) is 7.11. The Morgan fingerprint density at radius 2 is 1.86 bits per heavy atom. The maximum absolute atomic E-state index is 13.3. The molecule has 3 rings (SSSR count). The molecule has 0 saturated carbocycles. The first-order chi connectivity index (χ1) is 13.2. The third-order valence-electron chi connectivity index (χ3n) is 4.78. The third kappa shape index (κ3) is 4.10. The molecule has 2 atom stereocenters. The number of benzene rings is 2. The molecule has 8 heteroatoms. The van der Waals surface area contributed by atoms with Crippen LogP contribution in [0.2, 0.25) is 5.02 Å². The fraction of sp³-hybridized carbons (Fsp3) is 0.350. The normalized spacial score (nSPS) is 17.6. The molecule has 0 spiro atoms. The Kier molecular flexibility index (Phi) is 5.86. The van der Waals surface area contributed by atoms with Crippen molar-refractivity contribution in [3.8, 4) is 5.75 Å². The first-order valence-electron chi connectivity index (χ1n) is 9.04. The van der Waals surface area contributed by atoms with Crippen LogP contribution in [0.4, 0.5) is 5.69 Å². The lowest BCUT2D eigenvalue weighted by molar-refractivity contribution is -0.128. The Morgan fingerprint density at radius 3 is 2.50 bits per heavy atom. The van der Waals surface area contributed by atoms with Crippen molar-refractivity contribution in [3.63, 3.8) is 0 Å². The van der Waals surface area contributed by atoms with E-state index in [0.717, 1.165) is 0 Å². The van der Waals surface area contributed by atoms with Gasteiger partial charge in [0.1, 0.15) is 5.75 Å². The number of fused-ring (bicyclic) bond motifs is 1. The van der Waals surface area contributed by atoms with Crippen LogP contribution in [-0.4, -0.2) is 33.0 Å². The minimum atomic E-state index is -3.89. The first kappa shape index (κ1) is 20.5. The standard InChI is InChI=1S/C20H23ClN2O4S/c1-13(2)14(3)22-20(24)19-12-23(17-11-15(21)9-10-18(17)27-19)28(25,26)16-7-5-4-6-8-16/h4-11,13-14,19H,12H2,1-3H3,(H,22,24)/t14-,19+/m0/s1. The highest BCUT2D eigenvalue weighted by molar-refractivity contribution is 7.92. The molecule has 1 heterocycles. The number of sulfonamides is 1. The fourth-order valence-corrected chi connectivity index (χ4v) is 4.45. The van der Waals surface area contributed by atoms with E-state index in [9.17, 15) is 13.2 Å². The van der Waals surface area contributed by atoms with Gasteiger partial charge in [0.25, 0.3) is 15.9 Å². The van der Waals surface area contributed by atoms with Crippen molar-refractivity contribution in [2.24, 2.45) is 5.92 Å². The number of rotatable bonds is 5. The zero-order valence-electron chi connectivity index (χ0n) is 15.9. The Labute approximate surface area is 170 Å². The minimum Gasteiger partial charge on any atom is -0.476 e. The van der Waals surface area contributed by atoms with Crippen LogP contribution in [0.15, 0.2) is 53.4 Å². The van der Waals surface area contributed by atoms with Crippen molar-refractivity contribution in [1.29, 1.82) is 0 Å². The van der Waals surface area contributed by atoms with Gasteiger partial charge in [0.15, 0.2) is 6.10 Å². The van der Waals surface area contributed by atoms with Gasteiger partial charge in [-0.15, -0.1) is 0 Å². The number of carbonyl (C=O) groups is 1. The highest BCUT2D eigenvalue weighted by atomic mass is 35.5. The van der Waals surface area contributed by atoms with E-state index >= 15 is 0 Å². The number of hydrogen-bond donors (Lipinski definition) is 1. The molecule has 0 saturated heterocycles. The summed E-state index contributed by atoms with van der Waals surface area (Å²) in [5.41, 5.74) is 0.317. The molecule has 1 N–H and O–H groups in total. The molecule has 0 unspecified atom stereocenters. The molecule has 1 amide bonds. The molecule has 28 heavy (non-hydrogen) atoms. The van der Waals surface area contributed by atoms with Crippen LogP contribution in [0.5, 0.6) is 5.75 Å². The van der Waals surface area contributed by atoms with Crippen LogP contribution >= 0.6 is 11.6 Å². The lowest BCUT2D eigenvalue weighted by Gasteiger charge is -2.35. The number of amides is 1. The van der Waals surface area contributed by atoms with Gasteiger partial charge in [-0.05, 0) is 43.2 Å². The van der Waals surface area contributed by atoms with E-state index in [4.69, 9.17) is 16.3 Å². The maximum atomic E-state index is 13.3. The van der Waals surface area contributed by atoms with Gasteiger partial charge in [-0.2, -0.15) is 0 Å². The van der Waals surface area contributed by atoms with Crippen molar-refractivity contribution >= 4 is 33.2 Å². The van der Waals surface area contributed by atoms with E-state index in [0.29, 0.717) is 16.5 Å². The van der Waals surface area contributed by atoms with Gasteiger partial charge in [0, 0.05) is 11.1 Å². The van der Waals surface area contributed by atoms with Gasteiger partial charge in [0.2, 0.25) is 0 Å². The number of halogens is 1. The fourth-order valence-electron chi connectivity index (χ4n) is 2.79. The Hall–Kier alpha value is -2.25. The van der Waals surface area contributed by atoms with E-state index in [1.54, 1.807) is 30.3 Å². The number of nitrogens with one attached hydrogen (secondary N) is 1. The highest BCUT2D eigenvalue weighted by Crippen LogP contribution is 2.38. The van der Waals surface area contributed by atoms with Crippen molar-refractivity contribution in [3.05, 3.63) is 53.6 Å². The summed E-state index contributed by atoms with van der Waals surface area (Å²) >= 11 is 6.08. The Morgan fingerprint density at radius 1 is 1.18 bits per heavy atom. The van der Waals surface area contributed by atoms with Gasteiger partial charge in [-0.25, -0.2) is 8.42 Å². The molecule has 1 aliphatic heterocycles. The smallest absolute Gasteiger partial charge is 0.264 e. The number of hydrogen-bond acceptors (Lipinski definition) is 4. The predicted molar refractivity (Wildman–Crippen MR) is 109 cm³/mol. The molecule has 2 aromatic carbocycles. The van der Waals surface area contributed by atoms with Crippen LogP contribution in [0.1, 0.15) is 20.8 Å². The van der Waals surface area contributed by atoms with Crippen LogP contribution in [-0.2, 0) is 14.8 Å². The van der Waals surface area contributed by atoms with Gasteiger partial charge in [-0.3, -0.25) is 9.10 Å². The van der Waals surface area contributed by atoms with Crippen molar-refractivity contribution in [1.82, 2.24) is 5.32 Å². The summed E-state index contributed by atoms with van der Waals surface area (Å²) in [6.07, 6.45) is -0.964. The van der Waals surface area contributed by atoms with Crippen molar-refractivity contribution in [2.45, 2.75) is 37.8 Å². The van der Waals surface area contributed by atoms with E-state index in [2.05, 4.69) is 5.32 Å². The monoisotopic (exact) mass is 422 g/mol. The zero-order valence-corrected chi connectivity index (χ0v) is 17.5. The maximum Gasteiger partial charge on any atom is 0.264 e. The largest absolute Gasteiger partial charge is 0.476 e. The summed E-state index contributed by atoms with van der Waals surface area (Å²) < 4.78 is 33.5. The topological polar surface area (TPSA) is 75.7 Å². The molecule has 0 fully saturated rings. The van der Waals surface area contributed by atoms with E-state index in [1.807, 2.05) is 20.8 Å². The van der Waals surface area contributed by atoms with E-state index < -0.39 is 16.1 Å². The molecule has 150 valence electrons. The highest BCUT2D eigenvalue weighted by Gasteiger charge is 2.38. The molecule has 2 aromatic rings. The van der Waals surface area contributed by atoms with Gasteiger partial charge in [0.05, 0.1) is 17.1 Å². The second-order valence-corrected chi connectivity index (χ2v) is 9.41. The van der Waals surface area contributed by atoms with Crippen LogP contribution in [0.3, 0.4) is 0 Å². The molecule has 0 radical (unpaired) electrons. The first-order valence-corrected chi connectivity index (χ1v) is 10.9. The van der Waals surface area contributed by atoms with E-state index in [-0.39, 0.29) is 29.3 Å².